The van der Waals surface area contributed by atoms with Crippen molar-refractivity contribution in [3.8, 4) is 11.3 Å². The predicted molar refractivity (Wildman–Crippen MR) is 122 cm³/mol. The van der Waals surface area contributed by atoms with Gasteiger partial charge in [0.15, 0.2) is 12.2 Å². The normalized spacial score (nSPS) is 11.0. The van der Waals surface area contributed by atoms with Crippen LogP contribution in [0, 0.1) is 0 Å². The minimum atomic E-state index is -0.586. The molecule has 8 nitrogen and oxygen atoms in total. The van der Waals surface area contributed by atoms with Crippen molar-refractivity contribution in [3.63, 3.8) is 0 Å². The number of esters is 1. The zero-order valence-corrected chi connectivity index (χ0v) is 18.6. The van der Waals surface area contributed by atoms with Gasteiger partial charge in [0.25, 0.3) is 5.91 Å². The molecule has 9 heteroatoms. The minimum Gasteiger partial charge on any atom is -0.459 e. The fourth-order valence-electron chi connectivity index (χ4n) is 3.31. The molecular weight excluding hydrogens is 448 g/mol. The van der Waals surface area contributed by atoms with E-state index in [-0.39, 0.29) is 25.4 Å². The van der Waals surface area contributed by atoms with Crippen molar-refractivity contribution in [2.75, 3.05) is 13.7 Å². The standard InChI is InChI=1S/C24H21ClN2O6/c1-26(14-18-10-11-20(32-18)16-6-8-17(25)9-7-16)22(28)15-31-23(29)12-13-27-19-4-2-3-5-21(19)33-24(27)30/h2-11H,12-15H2,1H3. The molecular formula is C24H21ClN2O6. The van der Waals surface area contributed by atoms with Crippen LogP contribution in [0.5, 0.6) is 0 Å². The Morgan fingerprint density at radius 2 is 1.79 bits per heavy atom. The van der Waals surface area contributed by atoms with E-state index in [0.717, 1.165) is 5.56 Å². The van der Waals surface area contributed by atoms with Gasteiger partial charge >= 0.3 is 11.7 Å². The smallest absolute Gasteiger partial charge is 0.419 e. The number of hydrogen-bond acceptors (Lipinski definition) is 6. The number of nitrogens with zero attached hydrogens (tertiary/aromatic N) is 2. The number of carbonyl (C=O) groups excluding carboxylic acids is 2. The number of rotatable bonds is 8. The summed E-state index contributed by atoms with van der Waals surface area (Å²) >= 11 is 5.91. The second-order valence-corrected chi connectivity index (χ2v) is 7.86. The van der Waals surface area contributed by atoms with Gasteiger partial charge in [0.2, 0.25) is 0 Å². The van der Waals surface area contributed by atoms with E-state index in [0.29, 0.717) is 27.6 Å². The molecule has 0 spiro atoms. The number of amides is 1. The molecule has 2 aromatic heterocycles. The molecule has 0 saturated carbocycles. The Hall–Kier alpha value is -3.78. The first-order valence-corrected chi connectivity index (χ1v) is 10.6. The Morgan fingerprint density at radius 3 is 2.58 bits per heavy atom. The molecule has 0 fully saturated rings. The van der Waals surface area contributed by atoms with Crippen LogP contribution in [0.3, 0.4) is 0 Å². The Morgan fingerprint density at radius 1 is 1.03 bits per heavy atom. The Bertz CT molecular complexity index is 1340. The van der Waals surface area contributed by atoms with E-state index in [9.17, 15) is 14.4 Å². The molecule has 0 aliphatic heterocycles. The molecule has 0 unspecified atom stereocenters. The van der Waals surface area contributed by atoms with Crippen molar-refractivity contribution >= 4 is 34.6 Å². The second-order valence-electron chi connectivity index (χ2n) is 7.42. The number of aromatic nitrogens is 1. The molecule has 0 N–H and O–H groups in total. The van der Waals surface area contributed by atoms with Gasteiger partial charge in [0, 0.05) is 24.2 Å². The average Bonchev–Trinajstić information content (AvgIpc) is 3.40. The summed E-state index contributed by atoms with van der Waals surface area (Å²) in [4.78, 5) is 37.8. The molecule has 0 aliphatic rings. The zero-order chi connectivity index (χ0) is 23.4. The number of fused-ring (bicyclic) bond motifs is 1. The number of furan rings is 1. The summed E-state index contributed by atoms with van der Waals surface area (Å²) in [6, 6.07) is 17.8. The third-order valence-electron chi connectivity index (χ3n) is 5.08. The summed E-state index contributed by atoms with van der Waals surface area (Å²) in [7, 11) is 1.60. The molecule has 1 amide bonds. The highest BCUT2D eigenvalue weighted by Gasteiger charge is 2.16. The zero-order valence-electron chi connectivity index (χ0n) is 17.8. The number of ether oxygens (including phenoxy) is 1. The third kappa shape index (κ3) is 5.35. The third-order valence-corrected chi connectivity index (χ3v) is 5.33. The molecule has 4 aromatic rings. The summed E-state index contributed by atoms with van der Waals surface area (Å²) in [6.07, 6.45) is -0.0664. The van der Waals surface area contributed by atoms with E-state index in [1.54, 1.807) is 49.5 Å². The highest BCUT2D eigenvalue weighted by Crippen LogP contribution is 2.24. The maximum absolute atomic E-state index is 12.4. The van der Waals surface area contributed by atoms with Crippen molar-refractivity contribution in [1.29, 1.82) is 0 Å². The molecule has 4 rings (SSSR count). The van der Waals surface area contributed by atoms with Crippen molar-refractivity contribution in [2.24, 2.45) is 0 Å². The molecule has 2 aromatic carbocycles. The number of hydrogen-bond donors (Lipinski definition) is 0. The van der Waals surface area contributed by atoms with Crippen LogP contribution in [-0.2, 0) is 27.4 Å². The maximum atomic E-state index is 12.4. The van der Waals surface area contributed by atoms with Crippen LogP contribution < -0.4 is 5.76 Å². The van der Waals surface area contributed by atoms with Crippen LogP contribution in [0.2, 0.25) is 5.02 Å². The summed E-state index contributed by atoms with van der Waals surface area (Å²) in [5.41, 5.74) is 1.92. The van der Waals surface area contributed by atoms with Crippen LogP contribution in [-0.4, -0.2) is 35.0 Å². The summed E-state index contributed by atoms with van der Waals surface area (Å²) in [5, 5.41) is 0.635. The lowest BCUT2D eigenvalue weighted by atomic mass is 10.2. The van der Waals surface area contributed by atoms with Crippen molar-refractivity contribution < 1.29 is 23.2 Å². The first-order chi connectivity index (χ1) is 15.9. The number of benzene rings is 2. The van der Waals surface area contributed by atoms with Crippen LogP contribution in [0.25, 0.3) is 22.4 Å². The number of halogens is 1. The molecule has 33 heavy (non-hydrogen) atoms. The highest BCUT2D eigenvalue weighted by molar-refractivity contribution is 6.30. The van der Waals surface area contributed by atoms with Crippen LogP contribution >= 0.6 is 11.6 Å². The Labute approximate surface area is 193 Å². The summed E-state index contributed by atoms with van der Waals surface area (Å²) in [5.74, 6) is -0.254. The average molecular weight is 469 g/mol. The van der Waals surface area contributed by atoms with E-state index in [1.807, 2.05) is 18.2 Å². The summed E-state index contributed by atoms with van der Waals surface area (Å²) < 4.78 is 17.4. The SMILES string of the molecule is CN(Cc1ccc(-c2ccc(Cl)cc2)o1)C(=O)COC(=O)CCn1c(=O)oc2ccccc21. The van der Waals surface area contributed by atoms with Crippen LogP contribution in [0.4, 0.5) is 0 Å². The topological polar surface area (TPSA) is 94.9 Å². The van der Waals surface area contributed by atoms with Crippen molar-refractivity contribution in [1.82, 2.24) is 9.47 Å². The largest absolute Gasteiger partial charge is 0.459 e. The van der Waals surface area contributed by atoms with Gasteiger partial charge in [-0.25, -0.2) is 4.79 Å². The fraction of sp³-hybridized carbons (Fsp3) is 0.208. The van der Waals surface area contributed by atoms with E-state index in [4.69, 9.17) is 25.2 Å². The maximum Gasteiger partial charge on any atom is 0.419 e. The van der Waals surface area contributed by atoms with E-state index >= 15 is 0 Å². The number of carbonyl (C=O) groups is 2. The second kappa shape index (κ2) is 9.79. The lowest BCUT2D eigenvalue weighted by Crippen LogP contribution is -2.31. The molecule has 0 aliphatic carbocycles. The van der Waals surface area contributed by atoms with Gasteiger partial charge in [-0.3, -0.25) is 14.2 Å². The van der Waals surface area contributed by atoms with Gasteiger partial charge in [-0.1, -0.05) is 23.7 Å². The van der Waals surface area contributed by atoms with Gasteiger partial charge in [-0.05, 0) is 48.5 Å². The van der Waals surface area contributed by atoms with Crippen molar-refractivity contribution in [3.05, 3.63) is 82.0 Å². The van der Waals surface area contributed by atoms with Gasteiger partial charge in [-0.15, -0.1) is 0 Å². The fourth-order valence-corrected chi connectivity index (χ4v) is 3.43. The molecule has 0 radical (unpaired) electrons. The van der Waals surface area contributed by atoms with E-state index in [2.05, 4.69) is 0 Å². The first-order valence-electron chi connectivity index (χ1n) is 10.2. The summed E-state index contributed by atoms with van der Waals surface area (Å²) in [6.45, 7) is -0.0833. The molecule has 0 bridgehead atoms. The van der Waals surface area contributed by atoms with Crippen LogP contribution in [0.15, 0.2) is 74.3 Å². The lowest BCUT2D eigenvalue weighted by molar-refractivity contribution is -0.152. The predicted octanol–water partition coefficient (Wildman–Crippen LogP) is 4.10. The number of aryl methyl sites for hydroxylation is 1. The van der Waals surface area contributed by atoms with Crippen LogP contribution in [0.1, 0.15) is 12.2 Å². The monoisotopic (exact) mass is 468 g/mol. The van der Waals surface area contributed by atoms with Gasteiger partial charge in [0.05, 0.1) is 18.5 Å². The van der Waals surface area contributed by atoms with Crippen molar-refractivity contribution in [2.45, 2.75) is 19.5 Å². The van der Waals surface area contributed by atoms with Gasteiger partial charge in [0.1, 0.15) is 11.5 Å². The lowest BCUT2D eigenvalue weighted by Gasteiger charge is -2.15. The van der Waals surface area contributed by atoms with E-state index in [1.165, 1.54) is 9.47 Å². The molecule has 2 heterocycles. The van der Waals surface area contributed by atoms with E-state index < -0.39 is 18.3 Å². The Kier molecular flexibility index (Phi) is 6.65. The van der Waals surface area contributed by atoms with Gasteiger partial charge < -0.3 is 18.5 Å². The highest BCUT2D eigenvalue weighted by atomic mass is 35.5. The number of oxazole rings is 1. The number of para-hydroxylation sites is 2. The quantitative estimate of drug-likeness (QED) is 0.361. The first kappa shape index (κ1) is 22.4. The minimum absolute atomic E-state index is 0.0664. The Balaban J connectivity index is 1.26. The number of likely N-dealkylation sites (N-methyl/N-ethyl adjacent to an activating group) is 1. The molecule has 0 atom stereocenters. The van der Waals surface area contributed by atoms with Gasteiger partial charge in [-0.2, -0.15) is 0 Å². The molecule has 170 valence electrons. The molecule has 0 saturated heterocycles.